The van der Waals surface area contributed by atoms with E-state index in [1.54, 1.807) is 6.07 Å². The molecule has 1 nitrogen and oxygen atoms in total. The third-order valence-electron chi connectivity index (χ3n) is 3.26. The maximum Gasteiger partial charge on any atom is 0.0652 e. The smallest absolute Gasteiger partial charge is 0.0652 e. The Morgan fingerprint density at radius 2 is 2.06 bits per heavy atom. The van der Waals surface area contributed by atoms with Crippen molar-refractivity contribution >= 4 is 28.9 Å². The van der Waals surface area contributed by atoms with E-state index in [9.17, 15) is 0 Å². The van der Waals surface area contributed by atoms with E-state index in [0.29, 0.717) is 21.5 Å². The lowest BCUT2D eigenvalue weighted by atomic mass is 9.92. The van der Waals surface area contributed by atoms with E-state index in [1.807, 2.05) is 12.1 Å². The normalized spacial score (nSPS) is 23.4. The van der Waals surface area contributed by atoms with Crippen molar-refractivity contribution in [1.82, 2.24) is 0 Å². The highest BCUT2D eigenvalue weighted by molar-refractivity contribution is 6.36. The summed E-state index contributed by atoms with van der Waals surface area (Å²) in [6.45, 7) is 4.64. The summed E-state index contributed by atoms with van der Waals surface area (Å²) in [5.41, 5.74) is 1.45. The van der Waals surface area contributed by atoms with Crippen LogP contribution in [0.5, 0.6) is 0 Å². The fourth-order valence-corrected chi connectivity index (χ4v) is 2.85. The molecule has 1 saturated carbocycles. The van der Waals surface area contributed by atoms with Crippen molar-refractivity contribution in [3.05, 3.63) is 28.2 Å². The number of rotatable bonds is 2. The Morgan fingerprint density at radius 1 is 1.31 bits per heavy atom. The second-order valence-corrected chi connectivity index (χ2v) is 6.22. The molecule has 88 valence electrons. The number of halogens is 2. The Kier molecular flexibility index (Phi) is 3.37. The highest BCUT2D eigenvalue weighted by Gasteiger charge is 2.30. The monoisotopic (exact) mass is 257 g/mol. The average molecular weight is 258 g/mol. The first-order chi connectivity index (χ1) is 7.46. The number of anilines is 1. The zero-order valence-electron chi connectivity index (χ0n) is 9.69. The molecule has 0 aliphatic heterocycles. The van der Waals surface area contributed by atoms with Crippen LogP contribution in [0.25, 0.3) is 0 Å². The van der Waals surface area contributed by atoms with E-state index in [1.165, 1.54) is 19.3 Å². The van der Waals surface area contributed by atoms with Crippen LogP contribution >= 0.6 is 23.2 Å². The lowest BCUT2D eigenvalue weighted by Gasteiger charge is -2.19. The van der Waals surface area contributed by atoms with Gasteiger partial charge in [0, 0.05) is 11.1 Å². The maximum absolute atomic E-state index is 6.13. The summed E-state index contributed by atoms with van der Waals surface area (Å²) in [6.07, 6.45) is 3.69. The first-order valence-electron chi connectivity index (χ1n) is 5.68. The molecular formula is C13H17Cl2N. The second-order valence-electron chi connectivity index (χ2n) is 5.37. The number of benzene rings is 1. The maximum atomic E-state index is 6.13. The standard InChI is InChI=1S/C13H17Cl2N/c1-13(2)6-5-10(8-13)16-12-4-3-9(14)7-11(12)15/h3-4,7,10,16H,5-6,8H2,1-2H3. The molecule has 1 fully saturated rings. The summed E-state index contributed by atoms with van der Waals surface area (Å²) in [6, 6.07) is 6.14. The molecule has 0 aromatic heterocycles. The summed E-state index contributed by atoms with van der Waals surface area (Å²) in [4.78, 5) is 0. The Labute approximate surface area is 107 Å². The summed E-state index contributed by atoms with van der Waals surface area (Å²) in [7, 11) is 0. The van der Waals surface area contributed by atoms with Crippen molar-refractivity contribution in [2.75, 3.05) is 5.32 Å². The van der Waals surface area contributed by atoms with Crippen LogP contribution in [0.2, 0.25) is 10.0 Å². The van der Waals surface area contributed by atoms with Crippen LogP contribution in [0.1, 0.15) is 33.1 Å². The first-order valence-corrected chi connectivity index (χ1v) is 6.43. The van der Waals surface area contributed by atoms with Crippen molar-refractivity contribution in [3.63, 3.8) is 0 Å². The molecule has 0 heterocycles. The molecule has 0 amide bonds. The zero-order chi connectivity index (χ0) is 11.8. The van der Waals surface area contributed by atoms with Gasteiger partial charge in [-0.1, -0.05) is 37.0 Å². The van der Waals surface area contributed by atoms with Crippen LogP contribution in [-0.4, -0.2) is 6.04 Å². The molecule has 0 spiro atoms. The SMILES string of the molecule is CC1(C)CCC(Nc2ccc(Cl)cc2Cl)C1. The summed E-state index contributed by atoms with van der Waals surface area (Å²) < 4.78 is 0. The van der Waals surface area contributed by atoms with Gasteiger partial charge in [-0.05, 0) is 42.9 Å². The molecule has 1 aliphatic carbocycles. The molecule has 3 heteroatoms. The van der Waals surface area contributed by atoms with Crippen LogP contribution in [0.4, 0.5) is 5.69 Å². The molecule has 1 unspecified atom stereocenters. The molecule has 0 radical (unpaired) electrons. The number of hydrogen-bond donors (Lipinski definition) is 1. The zero-order valence-corrected chi connectivity index (χ0v) is 11.2. The first kappa shape index (κ1) is 12.1. The van der Waals surface area contributed by atoms with Crippen molar-refractivity contribution in [2.24, 2.45) is 5.41 Å². The Hall–Kier alpha value is -0.400. The lowest BCUT2D eigenvalue weighted by molar-refractivity contribution is 0.378. The van der Waals surface area contributed by atoms with Crippen molar-refractivity contribution in [3.8, 4) is 0 Å². The van der Waals surface area contributed by atoms with Gasteiger partial charge in [0.05, 0.1) is 10.7 Å². The van der Waals surface area contributed by atoms with Crippen LogP contribution in [0.15, 0.2) is 18.2 Å². The van der Waals surface area contributed by atoms with Crippen molar-refractivity contribution in [1.29, 1.82) is 0 Å². The van der Waals surface area contributed by atoms with Crippen LogP contribution < -0.4 is 5.32 Å². The van der Waals surface area contributed by atoms with Gasteiger partial charge in [-0.15, -0.1) is 0 Å². The minimum atomic E-state index is 0.455. The molecule has 1 aliphatic rings. The van der Waals surface area contributed by atoms with Gasteiger partial charge in [0.25, 0.3) is 0 Å². The quantitative estimate of drug-likeness (QED) is 0.788. The fraction of sp³-hybridized carbons (Fsp3) is 0.538. The summed E-state index contributed by atoms with van der Waals surface area (Å²) >= 11 is 12.0. The third kappa shape index (κ3) is 2.83. The minimum Gasteiger partial charge on any atom is -0.381 e. The molecular weight excluding hydrogens is 241 g/mol. The predicted octanol–water partition coefficient (Wildman–Crippen LogP) is 4.98. The Morgan fingerprint density at radius 3 is 2.62 bits per heavy atom. The summed E-state index contributed by atoms with van der Waals surface area (Å²) in [5, 5.41) is 4.89. The predicted molar refractivity (Wildman–Crippen MR) is 71.5 cm³/mol. The third-order valence-corrected chi connectivity index (χ3v) is 3.81. The second kappa shape index (κ2) is 4.46. The molecule has 1 atom stereocenters. The molecule has 16 heavy (non-hydrogen) atoms. The van der Waals surface area contributed by atoms with E-state index < -0.39 is 0 Å². The van der Waals surface area contributed by atoms with Gasteiger partial charge >= 0.3 is 0 Å². The van der Waals surface area contributed by atoms with Gasteiger partial charge < -0.3 is 5.32 Å². The number of hydrogen-bond acceptors (Lipinski definition) is 1. The average Bonchev–Trinajstić information content (AvgIpc) is 2.51. The van der Waals surface area contributed by atoms with Crippen LogP contribution in [-0.2, 0) is 0 Å². The van der Waals surface area contributed by atoms with Crippen molar-refractivity contribution < 1.29 is 0 Å². The van der Waals surface area contributed by atoms with Gasteiger partial charge in [0.15, 0.2) is 0 Å². The van der Waals surface area contributed by atoms with E-state index >= 15 is 0 Å². The molecule has 0 bridgehead atoms. The highest BCUT2D eigenvalue weighted by Crippen LogP contribution is 2.39. The Balaban J connectivity index is 2.05. The minimum absolute atomic E-state index is 0.455. The Bertz CT molecular complexity index is 388. The van der Waals surface area contributed by atoms with Crippen molar-refractivity contribution in [2.45, 2.75) is 39.2 Å². The largest absolute Gasteiger partial charge is 0.381 e. The van der Waals surface area contributed by atoms with Crippen LogP contribution in [0.3, 0.4) is 0 Å². The lowest BCUT2D eigenvalue weighted by Crippen LogP contribution is -2.17. The van der Waals surface area contributed by atoms with Gasteiger partial charge in [-0.25, -0.2) is 0 Å². The summed E-state index contributed by atoms with van der Waals surface area (Å²) in [5.74, 6) is 0. The molecule has 2 rings (SSSR count). The van der Waals surface area contributed by atoms with E-state index in [0.717, 1.165) is 5.69 Å². The molecule has 1 aromatic carbocycles. The molecule has 1 aromatic rings. The van der Waals surface area contributed by atoms with Gasteiger partial charge in [-0.3, -0.25) is 0 Å². The van der Waals surface area contributed by atoms with E-state index in [2.05, 4.69) is 19.2 Å². The molecule has 1 N–H and O–H groups in total. The molecule has 0 saturated heterocycles. The van der Waals surface area contributed by atoms with E-state index in [4.69, 9.17) is 23.2 Å². The van der Waals surface area contributed by atoms with Gasteiger partial charge in [0.2, 0.25) is 0 Å². The number of nitrogens with one attached hydrogen (secondary N) is 1. The van der Waals surface area contributed by atoms with Gasteiger partial charge in [0.1, 0.15) is 0 Å². The van der Waals surface area contributed by atoms with Gasteiger partial charge in [-0.2, -0.15) is 0 Å². The topological polar surface area (TPSA) is 12.0 Å². The highest BCUT2D eigenvalue weighted by atomic mass is 35.5. The van der Waals surface area contributed by atoms with Crippen LogP contribution in [0, 0.1) is 5.41 Å². The fourth-order valence-electron chi connectivity index (χ4n) is 2.39. The van der Waals surface area contributed by atoms with E-state index in [-0.39, 0.29) is 0 Å².